The van der Waals surface area contributed by atoms with Crippen molar-refractivity contribution in [1.29, 1.82) is 0 Å². The van der Waals surface area contributed by atoms with Crippen molar-refractivity contribution in [2.75, 3.05) is 13.7 Å². The van der Waals surface area contributed by atoms with Gasteiger partial charge in [0.2, 0.25) is 5.88 Å². The molecule has 9 heteroatoms. The summed E-state index contributed by atoms with van der Waals surface area (Å²) in [5.74, 6) is -0.723. The molecule has 1 aromatic heterocycles. The number of rotatable bonds is 9. The van der Waals surface area contributed by atoms with E-state index in [0.717, 1.165) is 0 Å². The molecule has 1 N–H and O–H groups in total. The van der Waals surface area contributed by atoms with E-state index < -0.39 is 30.3 Å². The van der Waals surface area contributed by atoms with E-state index in [0.29, 0.717) is 5.56 Å². The number of halogens is 2. The highest BCUT2D eigenvalue weighted by atomic mass is 19.3. The van der Waals surface area contributed by atoms with Crippen LogP contribution in [0.3, 0.4) is 0 Å². The second-order valence-corrected chi connectivity index (χ2v) is 6.37. The second-order valence-electron chi connectivity index (χ2n) is 6.37. The number of alkyl halides is 2. The molecule has 2 atom stereocenters. The third-order valence-corrected chi connectivity index (χ3v) is 3.05. The van der Waals surface area contributed by atoms with Crippen LogP contribution in [0.25, 0.3) is 0 Å². The summed E-state index contributed by atoms with van der Waals surface area (Å²) in [5.41, 5.74) is -0.153. The first-order valence-corrected chi connectivity index (χ1v) is 7.94. The molecule has 0 saturated carbocycles. The van der Waals surface area contributed by atoms with Crippen molar-refractivity contribution in [2.24, 2.45) is 4.99 Å². The minimum Gasteiger partial charge on any atom is -0.460 e. The first-order chi connectivity index (χ1) is 12.1. The number of carbonyl (C=O) groups excluding carboxylic acids is 1. The van der Waals surface area contributed by atoms with E-state index in [9.17, 15) is 13.6 Å². The molecule has 146 valence electrons. The van der Waals surface area contributed by atoms with Crippen molar-refractivity contribution in [3.05, 3.63) is 23.9 Å². The van der Waals surface area contributed by atoms with Crippen LogP contribution in [-0.2, 0) is 14.3 Å². The maximum absolute atomic E-state index is 12.2. The van der Waals surface area contributed by atoms with Gasteiger partial charge in [-0.1, -0.05) is 0 Å². The zero-order valence-corrected chi connectivity index (χ0v) is 15.2. The molecule has 2 unspecified atom stereocenters. The third kappa shape index (κ3) is 8.30. The molecule has 1 rings (SSSR count). The van der Waals surface area contributed by atoms with Crippen LogP contribution in [0.4, 0.5) is 8.78 Å². The van der Waals surface area contributed by atoms with E-state index in [1.54, 1.807) is 20.8 Å². The zero-order valence-electron chi connectivity index (χ0n) is 15.2. The molecule has 0 amide bonds. The van der Waals surface area contributed by atoms with Gasteiger partial charge < -0.3 is 19.3 Å². The number of aliphatic hydroxyl groups excluding tert-OH is 1. The largest absolute Gasteiger partial charge is 0.460 e. The van der Waals surface area contributed by atoms with Gasteiger partial charge in [-0.15, -0.1) is 0 Å². The van der Waals surface area contributed by atoms with Gasteiger partial charge in [0.1, 0.15) is 11.7 Å². The summed E-state index contributed by atoms with van der Waals surface area (Å²) in [6, 6.07) is 2.07. The lowest BCUT2D eigenvalue weighted by Gasteiger charge is -2.21. The minimum absolute atomic E-state index is 0.0909. The molecule has 0 aromatic carbocycles. The fourth-order valence-corrected chi connectivity index (χ4v) is 1.93. The normalized spacial score (nSPS) is 14.5. The van der Waals surface area contributed by atoms with Crippen LogP contribution in [0.15, 0.2) is 23.3 Å². The SMILES string of the molecule is COC(C=NC(CC(=O)OC(C)(C)C)c1ccc(OC(F)F)nc1)CO. The average molecular weight is 374 g/mol. The molecule has 0 saturated heterocycles. The monoisotopic (exact) mass is 374 g/mol. The number of ether oxygens (including phenoxy) is 3. The lowest BCUT2D eigenvalue weighted by atomic mass is 10.1. The molecule has 0 aliphatic heterocycles. The van der Waals surface area contributed by atoms with Crippen molar-refractivity contribution >= 4 is 12.2 Å². The summed E-state index contributed by atoms with van der Waals surface area (Å²) in [4.78, 5) is 20.2. The summed E-state index contributed by atoms with van der Waals surface area (Å²) in [5, 5.41) is 9.16. The highest BCUT2D eigenvalue weighted by molar-refractivity contribution is 5.72. The molecule has 0 spiro atoms. The van der Waals surface area contributed by atoms with E-state index in [1.165, 1.54) is 31.7 Å². The number of hydrogen-bond donors (Lipinski definition) is 1. The van der Waals surface area contributed by atoms with Gasteiger partial charge in [0.25, 0.3) is 0 Å². The first kappa shape index (κ1) is 21.9. The maximum atomic E-state index is 12.2. The summed E-state index contributed by atoms with van der Waals surface area (Å²) in [6.45, 7) is 1.98. The Kier molecular flexibility index (Phi) is 8.53. The van der Waals surface area contributed by atoms with Gasteiger partial charge >= 0.3 is 12.6 Å². The molecular weight excluding hydrogens is 350 g/mol. The Morgan fingerprint density at radius 1 is 1.38 bits per heavy atom. The van der Waals surface area contributed by atoms with Crippen molar-refractivity contribution in [2.45, 2.75) is 51.6 Å². The molecular formula is C17H24F2N2O5. The quantitative estimate of drug-likeness (QED) is 0.528. The zero-order chi connectivity index (χ0) is 19.7. The number of hydrogen-bond acceptors (Lipinski definition) is 7. The highest BCUT2D eigenvalue weighted by Gasteiger charge is 2.22. The van der Waals surface area contributed by atoms with Crippen LogP contribution in [0.1, 0.15) is 38.8 Å². The topological polar surface area (TPSA) is 90.2 Å². The number of pyridine rings is 1. The number of aliphatic hydroxyl groups is 1. The maximum Gasteiger partial charge on any atom is 0.388 e. The number of aliphatic imine (C=N–C) groups is 1. The molecule has 0 fully saturated rings. The Morgan fingerprint density at radius 2 is 2.08 bits per heavy atom. The van der Waals surface area contributed by atoms with Crippen molar-refractivity contribution < 1.29 is 32.9 Å². The van der Waals surface area contributed by atoms with E-state index >= 15 is 0 Å². The van der Waals surface area contributed by atoms with Gasteiger partial charge in [-0.2, -0.15) is 8.78 Å². The van der Waals surface area contributed by atoms with Crippen LogP contribution in [-0.4, -0.2) is 54.3 Å². The molecule has 0 aliphatic carbocycles. The predicted octanol–water partition coefficient (Wildman–Crippen LogP) is 2.53. The molecule has 1 aromatic rings. The van der Waals surface area contributed by atoms with Crippen LogP contribution in [0.2, 0.25) is 0 Å². The van der Waals surface area contributed by atoms with Crippen molar-refractivity contribution in [3.8, 4) is 5.88 Å². The number of methoxy groups -OCH3 is 1. The average Bonchev–Trinajstić information content (AvgIpc) is 2.53. The van der Waals surface area contributed by atoms with Gasteiger partial charge in [0.15, 0.2) is 0 Å². The second kappa shape index (κ2) is 10.1. The Labute approximate surface area is 151 Å². The van der Waals surface area contributed by atoms with Crippen LogP contribution >= 0.6 is 0 Å². The Balaban J connectivity index is 2.97. The van der Waals surface area contributed by atoms with Gasteiger partial charge in [-0.25, -0.2) is 4.98 Å². The van der Waals surface area contributed by atoms with E-state index in [4.69, 9.17) is 14.6 Å². The number of nitrogens with zero attached hydrogens (tertiary/aromatic N) is 2. The molecule has 26 heavy (non-hydrogen) atoms. The molecule has 0 aliphatic rings. The molecule has 0 bridgehead atoms. The van der Waals surface area contributed by atoms with Crippen molar-refractivity contribution in [1.82, 2.24) is 4.98 Å². The predicted molar refractivity (Wildman–Crippen MR) is 90.4 cm³/mol. The Morgan fingerprint density at radius 3 is 2.54 bits per heavy atom. The Hall–Kier alpha value is -2.13. The van der Waals surface area contributed by atoms with Gasteiger partial charge in [0, 0.05) is 25.6 Å². The van der Waals surface area contributed by atoms with Crippen molar-refractivity contribution in [3.63, 3.8) is 0 Å². The standard InChI is InChI=1S/C17H24F2N2O5/c1-17(2,3)26-15(23)7-13(20-9-12(10-22)24-4)11-5-6-14(21-8-11)25-16(18)19/h5-6,8-9,12-13,16,22H,7,10H2,1-4H3. The summed E-state index contributed by atoms with van der Waals surface area (Å²) < 4.78 is 38.9. The van der Waals surface area contributed by atoms with Gasteiger partial charge in [-0.05, 0) is 32.4 Å². The van der Waals surface area contributed by atoms with Crippen LogP contribution in [0, 0.1) is 0 Å². The number of aromatic nitrogens is 1. The highest BCUT2D eigenvalue weighted by Crippen LogP contribution is 2.24. The third-order valence-electron chi connectivity index (χ3n) is 3.05. The van der Waals surface area contributed by atoms with E-state index in [2.05, 4.69) is 14.7 Å². The van der Waals surface area contributed by atoms with E-state index in [1.807, 2.05) is 0 Å². The van der Waals surface area contributed by atoms with Gasteiger partial charge in [0.05, 0.1) is 19.1 Å². The molecule has 0 radical (unpaired) electrons. The fourth-order valence-electron chi connectivity index (χ4n) is 1.93. The fraction of sp³-hybridized carbons (Fsp3) is 0.588. The number of carbonyl (C=O) groups is 1. The summed E-state index contributed by atoms with van der Waals surface area (Å²) >= 11 is 0. The Bertz CT molecular complexity index is 584. The lowest BCUT2D eigenvalue weighted by molar-refractivity contribution is -0.155. The van der Waals surface area contributed by atoms with Crippen LogP contribution < -0.4 is 4.74 Å². The lowest BCUT2D eigenvalue weighted by Crippen LogP contribution is -2.25. The molecule has 1 heterocycles. The minimum atomic E-state index is -2.98. The first-order valence-electron chi connectivity index (χ1n) is 7.94. The van der Waals surface area contributed by atoms with E-state index in [-0.39, 0.29) is 18.9 Å². The molecule has 7 nitrogen and oxygen atoms in total. The van der Waals surface area contributed by atoms with Gasteiger partial charge in [-0.3, -0.25) is 9.79 Å². The smallest absolute Gasteiger partial charge is 0.388 e. The summed E-state index contributed by atoms with van der Waals surface area (Å²) in [6.07, 6.45) is 1.95. The number of esters is 1. The summed E-state index contributed by atoms with van der Waals surface area (Å²) in [7, 11) is 1.41. The van der Waals surface area contributed by atoms with Crippen LogP contribution in [0.5, 0.6) is 5.88 Å².